The van der Waals surface area contributed by atoms with Gasteiger partial charge in [0.25, 0.3) is 5.91 Å². The number of nitrogen functional groups attached to an aromatic ring is 1. The fourth-order valence-corrected chi connectivity index (χ4v) is 2.25. The normalized spacial score (nSPS) is 13.1. The van der Waals surface area contributed by atoms with E-state index in [1.807, 2.05) is 25.1 Å². The van der Waals surface area contributed by atoms with Crippen molar-refractivity contribution in [3.8, 4) is 5.75 Å². The Bertz CT molecular complexity index is 673. The summed E-state index contributed by atoms with van der Waals surface area (Å²) >= 11 is 0. The third-order valence-electron chi connectivity index (χ3n) is 3.56. The molecule has 0 saturated carbocycles. The first-order valence-electron chi connectivity index (χ1n) is 7.63. The fourth-order valence-electron chi connectivity index (χ4n) is 2.25. The number of hydrogen-bond donors (Lipinski definition) is 4. The number of rotatable bonds is 7. The highest BCUT2D eigenvalue weighted by Crippen LogP contribution is 2.18. The monoisotopic (exact) mass is 330 g/mol. The summed E-state index contributed by atoms with van der Waals surface area (Å²) in [7, 11) is 0. The van der Waals surface area contributed by atoms with Crippen molar-refractivity contribution in [3.05, 3.63) is 59.7 Å². The summed E-state index contributed by atoms with van der Waals surface area (Å²) in [4.78, 5) is 12.0. The van der Waals surface area contributed by atoms with Crippen LogP contribution < -0.4 is 15.8 Å². The number of anilines is 1. The topological polar surface area (TPSA) is 105 Å². The Kier molecular flexibility index (Phi) is 6.17. The van der Waals surface area contributed by atoms with Crippen molar-refractivity contribution in [3.63, 3.8) is 0 Å². The molecule has 2 aromatic rings. The number of amides is 1. The van der Waals surface area contributed by atoms with Gasteiger partial charge in [0.2, 0.25) is 0 Å². The predicted octanol–water partition coefficient (Wildman–Crippen LogP) is 1.17. The maximum atomic E-state index is 12.0. The molecule has 0 heterocycles. The number of aliphatic hydroxyl groups excluding tert-OH is 2. The molecular weight excluding hydrogens is 308 g/mol. The van der Waals surface area contributed by atoms with E-state index < -0.39 is 24.7 Å². The quantitative estimate of drug-likeness (QED) is 0.570. The molecule has 0 aliphatic rings. The van der Waals surface area contributed by atoms with Gasteiger partial charge in [0.15, 0.2) is 6.61 Å². The number of carbonyl (C=O) groups excluding carboxylic acids is 1. The first-order chi connectivity index (χ1) is 11.5. The summed E-state index contributed by atoms with van der Waals surface area (Å²) in [6.07, 6.45) is -1.04. The van der Waals surface area contributed by atoms with Crippen molar-refractivity contribution < 1.29 is 19.7 Å². The molecule has 0 bridgehead atoms. The van der Waals surface area contributed by atoms with Crippen LogP contribution in [0.15, 0.2) is 48.5 Å². The Morgan fingerprint density at radius 1 is 1.25 bits per heavy atom. The lowest BCUT2D eigenvalue weighted by Gasteiger charge is -2.22. The van der Waals surface area contributed by atoms with Gasteiger partial charge < -0.3 is 26.0 Å². The zero-order valence-electron chi connectivity index (χ0n) is 13.5. The SMILES string of the molecule is Cc1cccc(OCC(=O)NC(CO)C(O)c2ccc(N)cc2)c1. The number of benzene rings is 2. The summed E-state index contributed by atoms with van der Waals surface area (Å²) in [6, 6.07) is 13.1. The second kappa shape index (κ2) is 8.33. The van der Waals surface area contributed by atoms with Crippen LogP contribution >= 0.6 is 0 Å². The fraction of sp³-hybridized carbons (Fsp3) is 0.278. The van der Waals surface area contributed by atoms with E-state index in [2.05, 4.69) is 5.32 Å². The molecule has 0 saturated heterocycles. The summed E-state index contributed by atoms with van der Waals surface area (Å²) in [5, 5.41) is 22.3. The Morgan fingerprint density at radius 2 is 1.96 bits per heavy atom. The summed E-state index contributed by atoms with van der Waals surface area (Å²) in [5.74, 6) is 0.162. The maximum absolute atomic E-state index is 12.0. The second-order valence-electron chi connectivity index (χ2n) is 5.57. The molecule has 0 aromatic heterocycles. The highest BCUT2D eigenvalue weighted by Gasteiger charge is 2.22. The van der Waals surface area contributed by atoms with E-state index in [1.165, 1.54) is 0 Å². The summed E-state index contributed by atoms with van der Waals surface area (Å²) in [5.41, 5.74) is 7.76. The van der Waals surface area contributed by atoms with Crippen LogP contribution in [0.5, 0.6) is 5.75 Å². The molecule has 128 valence electrons. The Balaban J connectivity index is 1.91. The van der Waals surface area contributed by atoms with Gasteiger partial charge >= 0.3 is 0 Å². The van der Waals surface area contributed by atoms with Crippen molar-refractivity contribution in [1.82, 2.24) is 5.32 Å². The highest BCUT2D eigenvalue weighted by atomic mass is 16.5. The Hall–Kier alpha value is -2.57. The lowest BCUT2D eigenvalue weighted by molar-refractivity contribution is -0.125. The van der Waals surface area contributed by atoms with Crippen LogP contribution in [0.25, 0.3) is 0 Å². The molecule has 1 amide bonds. The van der Waals surface area contributed by atoms with Gasteiger partial charge in [-0.2, -0.15) is 0 Å². The molecule has 0 fully saturated rings. The van der Waals surface area contributed by atoms with Crippen LogP contribution in [-0.4, -0.2) is 35.4 Å². The van der Waals surface area contributed by atoms with Crippen molar-refractivity contribution >= 4 is 11.6 Å². The average Bonchev–Trinajstić information content (AvgIpc) is 2.58. The van der Waals surface area contributed by atoms with Crippen LogP contribution in [0.3, 0.4) is 0 Å². The minimum absolute atomic E-state index is 0.200. The first-order valence-corrected chi connectivity index (χ1v) is 7.63. The van der Waals surface area contributed by atoms with Gasteiger partial charge in [-0.3, -0.25) is 4.79 Å². The third kappa shape index (κ3) is 4.97. The molecule has 0 aliphatic heterocycles. The smallest absolute Gasteiger partial charge is 0.258 e. The van der Waals surface area contributed by atoms with E-state index in [-0.39, 0.29) is 6.61 Å². The van der Waals surface area contributed by atoms with Crippen molar-refractivity contribution in [2.24, 2.45) is 0 Å². The number of nitrogens with one attached hydrogen (secondary N) is 1. The van der Waals surface area contributed by atoms with Gasteiger partial charge in [0.05, 0.1) is 12.6 Å². The van der Waals surface area contributed by atoms with Gasteiger partial charge in [-0.1, -0.05) is 24.3 Å². The summed E-state index contributed by atoms with van der Waals surface area (Å²) < 4.78 is 5.40. The third-order valence-corrected chi connectivity index (χ3v) is 3.56. The van der Waals surface area contributed by atoms with E-state index in [0.29, 0.717) is 17.0 Å². The van der Waals surface area contributed by atoms with Crippen LogP contribution in [0.1, 0.15) is 17.2 Å². The number of aliphatic hydroxyl groups is 2. The van der Waals surface area contributed by atoms with Gasteiger partial charge in [0.1, 0.15) is 11.9 Å². The first kappa shape index (κ1) is 17.8. The molecule has 2 rings (SSSR count). The van der Waals surface area contributed by atoms with Crippen LogP contribution in [0.4, 0.5) is 5.69 Å². The number of aryl methyl sites for hydroxylation is 1. The number of nitrogens with two attached hydrogens (primary N) is 1. The molecule has 24 heavy (non-hydrogen) atoms. The number of hydrogen-bond acceptors (Lipinski definition) is 5. The van der Waals surface area contributed by atoms with Gasteiger partial charge in [0, 0.05) is 5.69 Å². The van der Waals surface area contributed by atoms with E-state index >= 15 is 0 Å². The molecule has 0 radical (unpaired) electrons. The van der Waals surface area contributed by atoms with Crippen molar-refractivity contribution in [1.29, 1.82) is 0 Å². The van der Waals surface area contributed by atoms with E-state index in [4.69, 9.17) is 10.5 Å². The number of carbonyl (C=O) groups is 1. The predicted molar refractivity (Wildman–Crippen MR) is 91.5 cm³/mol. The molecule has 2 unspecified atom stereocenters. The van der Waals surface area contributed by atoms with E-state index in [0.717, 1.165) is 5.56 Å². The summed E-state index contributed by atoms with van der Waals surface area (Å²) in [6.45, 7) is 1.33. The van der Waals surface area contributed by atoms with Crippen LogP contribution in [0, 0.1) is 6.92 Å². The largest absolute Gasteiger partial charge is 0.484 e. The standard InChI is InChI=1S/C18H22N2O4/c1-12-3-2-4-15(9-12)24-11-17(22)20-16(10-21)18(23)13-5-7-14(19)8-6-13/h2-9,16,18,21,23H,10-11,19H2,1H3,(H,20,22). The minimum Gasteiger partial charge on any atom is -0.484 e. The minimum atomic E-state index is -1.04. The molecule has 5 N–H and O–H groups in total. The van der Waals surface area contributed by atoms with Crippen molar-refractivity contribution in [2.45, 2.75) is 19.1 Å². The van der Waals surface area contributed by atoms with E-state index in [9.17, 15) is 15.0 Å². The lowest BCUT2D eigenvalue weighted by Crippen LogP contribution is -2.43. The van der Waals surface area contributed by atoms with Crippen molar-refractivity contribution in [2.75, 3.05) is 18.9 Å². The molecule has 0 aliphatic carbocycles. The molecule has 2 atom stereocenters. The molecule has 2 aromatic carbocycles. The van der Waals surface area contributed by atoms with Gasteiger partial charge in [-0.15, -0.1) is 0 Å². The molecular formula is C18H22N2O4. The highest BCUT2D eigenvalue weighted by molar-refractivity contribution is 5.78. The molecule has 0 spiro atoms. The average molecular weight is 330 g/mol. The molecule has 6 heteroatoms. The zero-order valence-corrected chi connectivity index (χ0v) is 13.5. The zero-order chi connectivity index (χ0) is 17.5. The van der Waals surface area contributed by atoms with E-state index in [1.54, 1.807) is 30.3 Å². The van der Waals surface area contributed by atoms with Gasteiger partial charge in [-0.25, -0.2) is 0 Å². The second-order valence-corrected chi connectivity index (χ2v) is 5.57. The number of ether oxygens (including phenoxy) is 1. The Morgan fingerprint density at radius 3 is 2.58 bits per heavy atom. The maximum Gasteiger partial charge on any atom is 0.258 e. The Labute approximate surface area is 140 Å². The van der Waals surface area contributed by atoms with Gasteiger partial charge in [-0.05, 0) is 42.3 Å². The molecule has 6 nitrogen and oxygen atoms in total. The van der Waals surface area contributed by atoms with Crippen LogP contribution in [0.2, 0.25) is 0 Å². The van der Waals surface area contributed by atoms with Crippen LogP contribution in [-0.2, 0) is 4.79 Å². The lowest BCUT2D eigenvalue weighted by atomic mass is 10.0.